The molecule has 0 bridgehead atoms. The number of hydrogen-bond acceptors (Lipinski definition) is 6. The zero-order chi connectivity index (χ0) is 23.7. The van der Waals surface area contributed by atoms with Crippen LogP contribution in [0.3, 0.4) is 0 Å². The van der Waals surface area contributed by atoms with Crippen molar-refractivity contribution >= 4 is 35.5 Å². The van der Waals surface area contributed by atoms with Crippen molar-refractivity contribution in [1.29, 1.82) is 0 Å². The average molecular weight is 460 g/mol. The second-order valence-electron chi connectivity index (χ2n) is 8.47. The summed E-state index contributed by atoms with van der Waals surface area (Å²) in [5.74, 6) is 0.692. The highest BCUT2D eigenvalue weighted by Gasteiger charge is 2.21. The minimum absolute atomic E-state index is 0.0384. The molecule has 0 aromatic heterocycles. The second-order valence-corrected chi connectivity index (χ2v) is 9.70. The molecule has 1 unspecified atom stereocenters. The van der Waals surface area contributed by atoms with Gasteiger partial charge in [-0.25, -0.2) is 0 Å². The van der Waals surface area contributed by atoms with Gasteiger partial charge in [0.05, 0.1) is 0 Å². The predicted molar refractivity (Wildman–Crippen MR) is 125 cm³/mol. The molecule has 0 heterocycles. The number of thioether (sulfide) groups is 1. The fourth-order valence-corrected chi connectivity index (χ4v) is 3.63. The van der Waals surface area contributed by atoms with Crippen molar-refractivity contribution in [3.63, 3.8) is 0 Å². The van der Waals surface area contributed by atoms with Crippen molar-refractivity contribution in [3.8, 4) is 0 Å². The van der Waals surface area contributed by atoms with Gasteiger partial charge in [0, 0.05) is 25.6 Å². The van der Waals surface area contributed by atoms with E-state index in [1.807, 2.05) is 11.8 Å². The zero-order valence-corrected chi connectivity index (χ0v) is 20.6. The summed E-state index contributed by atoms with van der Waals surface area (Å²) in [6.45, 7) is 9.04. The Bertz CT molecular complexity index is 564. The summed E-state index contributed by atoms with van der Waals surface area (Å²) in [5, 5.41) is 8.01. The van der Waals surface area contributed by atoms with Crippen LogP contribution in [0.15, 0.2) is 0 Å². The van der Waals surface area contributed by atoms with Crippen LogP contribution in [0, 0.1) is 0 Å². The van der Waals surface area contributed by atoms with Crippen LogP contribution >= 0.6 is 11.8 Å². The molecule has 0 rings (SSSR count). The first-order chi connectivity index (χ1) is 14.5. The molecule has 9 heteroatoms. The van der Waals surface area contributed by atoms with Gasteiger partial charge in [-0.3, -0.25) is 19.2 Å². The standard InChI is InChI=1S/C22H41N3O5S/c1-6-7-10-14-31-15-12-19(27)23-13-9-8-11-18(25-17(2)26)21(29)24-16-20(28)30-22(3,4)5/h18H,6-16H2,1-5H3,(H,23,27)(H,24,29)(H,25,26). The van der Waals surface area contributed by atoms with Gasteiger partial charge in [0.15, 0.2) is 0 Å². The second kappa shape index (κ2) is 16.9. The number of amides is 3. The van der Waals surface area contributed by atoms with Crippen LogP contribution in [0.2, 0.25) is 0 Å². The fourth-order valence-electron chi connectivity index (χ4n) is 2.68. The first kappa shape index (κ1) is 29.2. The normalized spacial score (nSPS) is 12.0. The molecule has 0 aliphatic heterocycles. The van der Waals surface area contributed by atoms with E-state index < -0.39 is 23.5 Å². The predicted octanol–water partition coefficient (Wildman–Crippen LogP) is 2.55. The smallest absolute Gasteiger partial charge is 0.325 e. The van der Waals surface area contributed by atoms with Gasteiger partial charge in [0.2, 0.25) is 17.7 Å². The van der Waals surface area contributed by atoms with Crippen LogP contribution in [0.25, 0.3) is 0 Å². The highest BCUT2D eigenvalue weighted by molar-refractivity contribution is 7.99. The van der Waals surface area contributed by atoms with E-state index in [1.165, 1.54) is 26.2 Å². The van der Waals surface area contributed by atoms with E-state index in [-0.39, 0.29) is 18.4 Å². The van der Waals surface area contributed by atoms with E-state index in [4.69, 9.17) is 4.74 Å². The Kier molecular flexibility index (Phi) is 15.9. The minimum atomic E-state index is -0.727. The summed E-state index contributed by atoms with van der Waals surface area (Å²) in [4.78, 5) is 47.3. The SMILES string of the molecule is CCCCCSCCC(=O)NCCCCC(NC(C)=O)C(=O)NCC(=O)OC(C)(C)C. The highest BCUT2D eigenvalue weighted by atomic mass is 32.2. The molecule has 31 heavy (non-hydrogen) atoms. The van der Waals surface area contributed by atoms with Crippen molar-refractivity contribution < 1.29 is 23.9 Å². The quantitative estimate of drug-likeness (QED) is 0.241. The molecule has 0 saturated carbocycles. The first-order valence-electron chi connectivity index (χ1n) is 11.2. The molecule has 8 nitrogen and oxygen atoms in total. The number of ether oxygens (including phenoxy) is 1. The van der Waals surface area contributed by atoms with Crippen molar-refractivity contribution in [2.24, 2.45) is 0 Å². The molecule has 0 radical (unpaired) electrons. The Morgan fingerprint density at radius 1 is 0.968 bits per heavy atom. The Hall–Kier alpha value is -1.77. The number of rotatable bonds is 16. The van der Waals surface area contributed by atoms with Gasteiger partial charge in [-0.15, -0.1) is 0 Å². The van der Waals surface area contributed by atoms with Crippen molar-refractivity contribution in [2.45, 2.75) is 91.2 Å². The Labute approximate surface area is 191 Å². The van der Waals surface area contributed by atoms with E-state index in [9.17, 15) is 19.2 Å². The Balaban J connectivity index is 4.10. The molecule has 0 spiro atoms. The molecule has 180 valence electrons. The third-order valence-electron chi connectivity index (χ3n) is 4.13. The maximum Gasteiger partial charge on any atom is 0.325 e. The van der Waals surface area contributed by atoms with Crippen molar-refractivity contribution in [2.75, 3.05) is 24.6 Å². The van der Waals surface area contributed by atoms with Gasteiger partial charge in [-0.2, -0.15) is 11.8 Å². The molecule has 0 saturated heterocycles. The number of carbonyl (C=O) groups excluding carboxylic acids is 4. The average Bonchev–Trinajstić information content (AvgIpc) is 2.66. The maximum absolute atomic E-state index is 12.3. The molecule has 1 atom stereocenters. The summed E-state index contributed by atoms with van der Waals surface area (Å²) >= 11 is 1.81. The molecule has 3 amide bonds. The largest absolute Gasteiger partial charge is 0.459 e. The third kappa shape index (κ3) is 18.7. The molecule has 0 aliphatic rings. The third-order valence-corrected chi connectivity index (χ3v) is 5.20. The van der Waals surface area contributed by atoms with Crippen molar-refractivity contribution in [1.82, 2.24) is 16.0 Å². The number of esters is 1. The van der Waals surface area contributed by atoms with Gasteiger partial charge in [0.25, 0.3) is 0 Å². The molecule has 3 N–H and O–H groups in total. The lowest BCUT2D eigenvalue weighted by molar-refractivity contribution is -0.154. The van der Waals surface area contributed by atoms with Crippen molar-refractivity contribution in [3.05, 3.63) is 0 Å². The monoisotopic (exact) mass is 459 g/mol. The first-order valence-corrected chi connectivity index (χ1v) is 12.3. The van der Waals surface area contributed by atoms with E-state index in [2.05, 4.69) is 22.9 Å². The van der Waals surface area contributed by atoms with Gasteiger partial charge >= 0.3 is 5.97 Å². The van der Waals surface area contributed by atoms with E-state index in [0.29, 0.717) is 32.2 Å². The van der Waals surface area contributed by atoms with Gasteiger partial charge in [-0.1, -0.05) is 19.8 Å². The zero-order valence-electron chi connectivity index (χ0n) is 19.8. The van der Waals surface area contributed by atoms with Crippen LogP contribution in [0.1, 0.15) is 79.6 Å². The summed E-state index contributed by atoms with van der Waals surface area (Å²) in [6, 6.07) is -0.727. The summed E-state index contributed by atoms with van der Waals surface area (Å²) in [7, 11) is 0. The van der Waals surface area contributed by atoms with Crippen LogP contribution < -0.4 is 16.0 Å². The van der Waals surface area contributed by atoms with Crippen LogP contribution in [0.5, 0.6) is 0 Å². The molecule has 0 aromatic rings. The lowest BCUT2D eigenvalue weighted by atomic mass is 10.1. The highest BCUT2D eigenvalue weighted by Crippen LogP contribution is 2.08. The lowest BCUT2D eigenvalue weighted by Crippen LogP contribution is -2.47. The van der Waals surface area contributed by atoms with Gasteiger partial charge < -0.3 is 20.7 Å². The summed E-state index contributed by atoms with van der Waals surface area (Å²) in [5.41, 5.74) is -0.628. The maximum atomic E-state index is 12.3. The van der Waals surface area contributed by atoms with Gasteiger partial charge in [0.1, 0.15) is 18.2 Å². The van der Waals surface area contributed by atoms with E-state index in [1.54, 1.807) is 20.8 Å². The summed E-state index contributed by atoms with van der Waals surface area (Å²) < 4.78 is 5.15. The van der Waals surface area contributed by atoms with Crippen LogP contribution in [0.4, 0.5) is 0 Å². The fraction of sp³-hybridized carbons (Fsp3) is 0.818. The summed E-state index contributed by atoms with van der Waals surface area (Å²) in [6.07, 6.45) is 5.92. The minimum Gasteiger partial charge on any atom is -0.459 e. The topological polar surface area (TPSA) is 114 Å². The Morgan fingerprint density at radius 3 is 2.29 bits per heavy atom. The molecular weight excluding hydrogens is 418 g/mol. The number of carbonyl (C=O) groups is 4. The van der Waals surface area contributed by atoms with E-state index >= 15 is 0 Å². The van der Waals surface area contributed by atoms with Gasteiger partial charge in [-0.05, 0) is 52.2 Å². The molecule has 0 fully saturated rings. The number of nitrogens with one attached hydrogen (secondary N) is 3. The van der Waals surface area contributed by atoms with E-state index in [0.717, 1.165) is 11.5 Å². The number of hydrogen-bond donors (Lipinski definition) is 3. The van der Waals surface area contributed by atoms with Crippen LogP contribution in [-0.2, 0) is 23.9 Å². The lowest BCUT2D eigenvalue weighted by Gasteiger charge is -2.21. The molecule has 0 aliphatic carbocycles. The molecule has 0 aromatic carbocycles. The number of unbranched alkanes of at least 4 members (excludes halogenated alkanes) is 3. The van der Waals surface area contributed by atoms with Crippen LogP contribution in [-0.4, -0.2) is 59.9 Å². The Morgan fingerprint density at radius 2 is 1.68 bits per heavy atom. The molecular formula is C22H41N3O5S.